The molecule has 0 aliphatic carbocycles. The summed E-state index contributed by atoms with van der Waals surface area (Å²) in [6.07, 6.45) is 1.97. The van der Waals surface area contributed by atoms with Gasteiger partial charge in [0, 0.05) is 31.4 Å². The highest BCUT2D eigenvalue weighted by molar-refractivity contribution is 5.84. The molecule has 1 aromatic carbocycles. The number of carbonyl (C=O) groups excluding carboxylic acids is 1. The first-order valence-electron chi connectivity index (χ1n) is 8.76. The molecule has 0 bridgehead atoms. The number of ether oxygens (including phenoxy) is 1. The van der Waals surface area contributed by atoms with E-state index in [4.69, 9.17) is 4.74 Å². The van der Waals surface area contributed by atoms with Crippen LogP contribution in [0.4, 0.5) is 0 Å². The Bertz CT molecular complexity index is 950. The molecule has 3 aromatic rings. The van der Waals surface area contributed by atoms with Crippen molar-refractivity contribution in [3.05, 3.63) is 65.6 Å². The second kappa shape index (κ2) is 6.80. The molecule has 0 saturated carbocycles. The van der Waals surface area contributed by atoms with Gasteiger partial charge in [-0.3, -0.25) is 9.69 Å². The van der Waals surface area contributed by atoms with Crippen LogP contribution >= 0.6 is 0 Å². The topological polar surface area (TPSA) is 58.9 Å². The number of hydrogen-bond donors (Lipinski definition) is 1. The summed E-state index contributed by atoms with van der Waals surface area (Å²) in [5, 5.41) is 3.00. The Hall–Kier alpha value is -2.86. The van der Waals surface area contributed by atoms with Crippen LogP contribution in [0.2, 0.25) is 0 Å². The summed E-state index contributed by atoms with van der Waals surface area (Å²) in [6.45, 7) is 4.02. The van der Waals surface area contributed by atoms with Gasteiger partial charge in [-0.2, -0.15) is 0 Å². The fourth-order valence-corrected chi connectivity index (χ4v) is 3.70. The van der Waals surface area contributed by atoms with Crippen molar-refractivity contribution in [3.8, 4) is 5.75 Å². The Labute approximate surface area is 152 Å². The number of fused-ring (bicyclic) bond motifs is 1. The number of aromatic nitrogens is 2. The number of benzene rings is 1. The molecule has 134 valence electrons. The summed E-state index contributed by atoms with van der Waals surface area (Å²) in [5.41, 5.74) is 3.73. The maximum atomic E-state index is 12.8. The monoisotopic (exact) mass is 350 g/mol. The lowest BCUT2D eigenvalue weighted by Crippen LogP contribution is -2.50. The molecule has 4 rings (SSSR count). The quantitative estimate of drug-likeness (QED) is 0.785. The van der Waals surface area contributed by atoms with Crippen molar-refractivity contribution < 1.29 is 9.53 Å². The van der Waals surface area contributed by atoms with E-state index >= 15 is 0 Å². The van der Waals surface area contributed by atoms with Crippen molar-refractivity contribution >= 4 is 11.6 Å². The number of aryl methyl sites for hydroxylation is 1. The van der Waals surface area contributed by atoms with Crippen molar-refractivity contribution in [1.29, 1.82) is 0 Å². The van der Waals surface area contributed by atoms with E-state index in [2.05, 4.69) is 15.2 Å². The molecular weight excluding hydrogens is 328 g/mol. The highest BCUT2D eigenvalue weighted by Crippen LogP contribution is 2.30. The fourth-order valence-electron chi connectivity index (χ4n) is 3.70. The lowest BCUT2D eigenvalue weighted by atomic mass is 10.0. The molecule has 0 radical (unpaired) electrons. The third-order valence-electron chi connectivity index (χ3n) is 4.89. The van der Waals surface area contributed by atoms with Crippen molar-refractivity contribution in [1.82, 2.24) is 19.6 Å². The molecule has 1 saturated heterocycles. The summed E-state index contributed by atoms with van der Waals surface area (Å²) < 4.78 is 7.50. The van der Waals surface area contributed by atoms with Gasteiger partial charge in [-0.05, 0) is 25.1 Å². The normalized spacial score (nSPS) is 18.1. The number of imidazole rings is 1. The zero-order valence-electron chi connectivity index (χ0n) is 15.0. The van der Waals surface area contributed by atoms with Crippen LogP contribution in [0.3, 0.4) is 0 Å². The molecule has 1 aliphatic rings. The SMILES string of the molecule is COc1ccccc1CN1CCNC(=O)C1c1c(C)nc2ccccn12. The number of para-hydroxylation sites is 1. The molecule has 1 unspecified atom stereocenters. The van der Waals surface area contributed by atoms with Crippen LogP contribution in [-0.4, -0.2) is 40.4 Å². The second-order valence-electron chi connectivity index (χ2n) is 6.49. The first-order chi connectivity index (χ1) is 12.7. The lowest BCUT2D eigenvalue weighted by Gasteiger charge is -2.35. The third kappa shape index (κ3) is 2.82. The van der Waals surface area contributed by atoms with E-state index in [1.807, 2.05) is 60.0 Å². The van der Waals surface area contributed by atoms with Crippen LogP contribution in [0, 0.1) is 6.92 Å². The standard InChI is InChI=1S/C20H22N4O2/c1-14-18(24-11-6-5-9-17(24)22-14)19-20(25)21-10-12-23(19)13-15-7-3-4-8-16(15)26-2/h3-9,11,19H,10,12-13H2,1-2H3,(H,21,25). The minimum absolute atomic E-state index is 0.0138. The first kappa shape index (κ1) is 16.6. The molecule has 3 heterocycles. The molecule has 6 heteroatoms. The summed E-state index contributed by atoms with van der Waals surface area (Å²) in [7, 11) is 1.67. The predicted molar refractivity (Wildman–Crippen MR) is 99.1 cm³/mol. The number of amides is 1. The lowest BCUT2D eigenvalue weighted by molar-refractivity contribution is -0.129. The number of carbonyl (C=O) groups is 1. The number of methoxy groups -OCH3 is 1. The summed E-state index contributed by atoms with van der Waals surface area (Å²) >= 11 is 0. The summed E-state index contributed by atoms with van der Waals surface area (Å²) in [4.78, 5) is 19.6. The molecule has 0 spiro atoms. The van der Waals surface area contributed by atoms with E-state index in [9.17, 15) is 4.79 Å². The molecule has 26 heavy (non-hydrogen) atoms. The first-order valence-corrected chi connectivity index (χ1v) is 8.76. The van der Waals surface area contributed by atoms with Crippen LogP contribution in [0.15, 0.2) is 48.7 Å². The number of pyridine rings is 1. The zero-order valence-corrected chi connectivity index (χ0v) is 15.0. The van der Waals surface area contributed by atoms with E-state index < -0.39 is 0 Å². The number of nitrogens with zero attached hydrogens (tertiary/aromatic N) is 3. The van der Waals surface area contributed by atoms with Crippen LogP contribution in [-0.2, 0) is 11.3 Å². The van der Waals surface area contributed by atoms with Crippen LogP contribution in [0.25, 0.3) is 5.65 Å². The molecule has 2 aromatic heterocycles. The number of rotatable bonds is 4. The van der Waals surface area contributed by atoms with E-state index in [-0.39, 0.29) is 11.9 Å². The average molecular weight is 350 g/mol. The predicted octanol–water partition coefficient (Wildman–Crippen LogP) is 2.32. The van der Waals surface area contributed by atoms with Crippen LogP contribution in [0.5, 0.6) is 5.75 Å². The number of nitrogens with one attached hydrogen (secondary N) is 1. The smallest absolute Gasteiger partial charge is 0.243 e. The Morgan fingerprint density at radius 1 is 1.23 bits per heavy atom. The third-order valence-corrected chi connectivity index (χ3v) is 4.89. The van der Waals surface area contributed by atoms with Gasteiger partial charge in [0.05, 0.1) is 18.5 Å². The summed E-state index contributed by atoms with van der Waals surface area (Å²) in [6, 6.07) is 13.4. The van der Waals surface area contributed by atoms with Gasteiger partial charge in [-0.15, -0.1) is 0 Å². The van der Waals surface area contributed by atoms with E-state index in [0.29, 0.717) is 13.1 Å². The maximum absolute atomic E-state index is 12.8. The second-order valence-corrected chi connectivity index (χ2v) is 6.49. The number of piperazine rings is 1. The van der Waals surface area contributed by atoms with Crippen molar-refractivity contribution in [2.24, 2.45) is 0 Å². The van der Waals surface area contributed by atoms with Gasteiger partial charge in [-0.1, -0.05) is 24.3 Å². The highest BCUT2D eigenvalue weighted by atomic mass is 16.5. The zero-order chi connectivity index (χ0) is 18.1. The van der Waals surface area contributed by atoms with Gasteiger partial charge < -0.3 is 14.5 Å². The van der Waals surface area contributed by atoms with Crippen LogP contribution in [0.1, 0.15) is 23.0 Å². The Balaban J connectivity index is 1.76. The van der Waals surface area contributed by atoms with Gasteiger partial charge in [0.25, 0.3) is 0 Å². The molecule has 1 N–H and O–H groups in total. The van der Waals surface area contributed by atoms with E-state index in [0.717, 1.165) is 34.9 Å². The van der Waals surface area contributed by atoms with Gasteiger partial charge in [0.15, 0.2) is 0 Å². The van der Waals surface area contributed by atoms with Gasteiger partial charge in [0.2, 0.25) is 5.91 Å². The van der Waals surface area contributed by atoms with Gasteiger partial charge >= 0.3 is 0 Å². The number of hydrogen-bond acceptors (Lipinski definition) is 4. The Kier molecular flexibility index (Phi) is 4.34. The Morgan fingerprint density at radius 2 is 2.04 bits per heavy atom. The largest absolute Gasteiger partial charge is 0.496 e. The summed E-state index contributed by atoms with van der Waals surface area (Å²) in [5.74, 6) is 0.854. The maximum Gasteiger partial charge on any atom is 0.243 e. The van der Waals surface area contributed by atoms with Crippen molar-refractivity contribution in [2.45, 2.75) is 19.5 Å². The minimum Gasteiger partial charge on any atom is -0.496 e. The van der Waals surface area contributed by atoms with E-state index in [1.165, 1.54) is 0 Å². The minimum atomic E-state index is -0.383. The molecule has 6 nitrogen and oxygen atoms in total. The molecule has 1 amide bonds. The van der Waals surface area contributed by atoms with Gasteiger partial charge in [0.1, 0.15) is 17.4 Å². The van der Waals surface area contributed by atoms with Crippen LogP contribution < -0.4 is 10.1 Å². The molecule has 1 fully saturated rings. The van der Waals surface area contributed by atoms with E-state index in [1.54, 1.807) is 7.11 Å². The fraction of sp³-hybridized carbons (Fsp3) is 0.300. The van der Waals surface area contributed by atoms with Crippen molar-refractivity contribution in [2.75, 3.05) is 20.2 Å². The molecule has 1 aliphatic heterocycles. The van der Waals surface area contributed by atoms with Gasteiger partial charge in [-0.25, -0.2) is 4.98 Å². The average Bonchev–Trinajstić information content (AvgIpc) is 2.98. The molecule has 1 atom stereocenters. The Morgan fingerprint density at radius 3 is 2.88 bits per heavy atom. The van der Waals surface area contributed by atoms with Crippen molar-refractivity contribution in [3.63, 3.8) is 0 Å². The molecular formula is C20H22N4O2. The highest BCUT2D eigenvalue weighted by Gasteiger charge is 2.35.